The SMILES string of the molecule is CC[C@H](C)[C@H](NC(=O)CNC(=O)CNC(=S)Nc1ccc(OC)cc1)C(=O)N1CCC[C@H]1C(=O)N1CCC(c2noc3cc(F)ccc23)CC1. The van der Waals surface area contributed by atoms with E-state index in [1.165, 1.54) is 12.1 Å². The van der Waals surface area contributed by atoms with Crippen LogP contribution in [-0.4, -0.2) is 95.6 Å². The molecule has 2 aromatic carbocycles. The topological polar surface area (TPSA) is 158 Å². The molecule has 3 aromatic rings. The van der Waals surface area contributed by atoms with Gasteiger partial charge in [-0.1, -0.05) is 25.4 Å². The third-order valence-electron chi connectivity index (χ3n) is 9.48. The number of aromatic nitrogens is 1. The maximum Gasteiger partial charge on any atom is 0.246 e. The van der Waals surface area contributed by atoms with E-state index in [2.05, 4.69) is 26.4 Å². The second-order valence-electron chi connectivity index (χ2n) is 12.7. The molecule has 15 heteroatoms. The summed E-state index contributed by atoms with van der Waals surface area (Å²) < 4.78 is 24.1. The molecule has 3 atom stereocenters. The summed E-state index contributed by atoms with van der Waals surface area (Å²) in [7, 11) is 1.57. The van der Waals surface area contributed by atoms with Crippen molar-refractivity contribution in [1.29, 1.82) is 0 Å². The highest BCUT2D eigenvalue weighted by Crippen LogP contribution is 2.34. The van der Waals surface area contributed by atoms with Gasteiger partial charge in [0.15, 0.2) is 10.7 Å². The van der Waals surface area contributed by atoms with Crippen molar-refractivity contribution in [2.75, 3.05) is 45.2 Å². The summed E-state index contributed by atoms with van der Waals surface area (Å²) in [4.78, 5) is 56.4. The van der Waals surface area contributed by atoms with Crippen LogP contribution in [0.1, 0.15) is 57.6 Å². The van der Waals surface area contributed by atoms with Crippen LogP contribution in [0, 0.1) is 11.7 Å². The molecule has 4 amide bonds. The molecule has 5 rings (SSSR count). The molecule has 2 saturated heterocycles. The summed E-state index contributed by atoms with van der Waals surface area (Å²) in [5, 5.41) is 16.3. The Morgan fingerprint density at radius 3 is 2.44 bits per heavy atom. The minimum absolute atomic E-state index is 0.0703. The van der Waals surface area contributed by atoms with E-state index in [1.54, 1.807) is 47.2 Å². The number of ether oxygens (including phenoxy) is 1. The number of benzene rings is 2. The van der Waals surface area contributed by atoms with E-state index >= 15 is 0 Å². The molecule has 268 valence electrons. The van der Waals surface area contributed by atoms with E-state index in [0.717, 1.165) is 11.1 Å². The van der Waals surface area contributed by atoms with E-state index in [1.807, 2.05) is 13.8 Å². The first-order valence-electron chi connectivity index (χ1n) is 17.0. The summed E-state index contributed by atoms with van der Waals surface area (Å²) in [6, 6.07) is 10.0. The number of hydrogen-bond donors (Lipinski definition) is 4. The number of halogens is 1. The predicted octanol–water partition coefficient (Wildman–Crippen LogP) is 3.31. The van der Waals surface area contributed by atoms with Crippen molar-refractivity contribution in [3.8, 4) is 5.75 Å². The molecule has 2 aliphatic rings. The first-order valence-corrected chi connectivity index (χ1v) is 17.4. The molecule has 3 heterocycles. The summed E-state index contributed by atoms with van der Waals surface area (Å²) in [6.45, 7) is 4.74. The van der Waals surface area contributed by atoms with Gasteiger partial charge in [-0.3, -0.25) is 19.2 Å². The first-order chi connectivity index (χ1) is 24.1. The fraction of sp³-hybridized carbons (Fsp3) is 0.486. The largest absolute Gasteiger partial charge is 0.497 e. The summed E-state index contributed by atoms with van der Waals surface area (Å²) in [5.74, 6) is -1.19. The fourth-order valence-electron chi connectivity index (χ4n) is 6.43. The molecule has 1 aromatic heterocycles. The molecular formula is C35H44FN7O6S. The van der Waals surface area contributed by atoms with Gasteiger partial charge in [0.2, 0.25) is 23.6 Å². The molecule has 0 spiro atoms. The Morgan fingerprint density at radius 1 is 1.02 bits per heavy atom. The van der Waals surface area contributed by atoms with Gasteiger partial charge in [-0.15, -0.1) is 0 Å². The maximum atomic E-state index is 13.9. The first kappa shape index (κ1) is 36.5. The number of nitrogens with zero attached hydrogens (tertiary/aromatic N) is 3. The van der Waals surface area contributed by atoms with Crippen LogP contribution in [0.15, 0.2) is 47.0 Å². The van der Waals surface area contributed by atoms with Crippen molar-refractivity contribution in [2.24, 2.45) is 5.92 Å². The Balaban J connectivity index is 1.10. The zero-order valence-electron chi connectivity index (χ0n) is 28.5. The number of likely N-dealkylation sites (tertiary alicyclic amines) is 2. The zero-order valence-corrected chi connectivity index (χ0v) is 29.3. The molecule has 13 nitrogen and oxygen atoms in total. The quantitative estimate of drug-likeness (QED) is 0.206. The van der Waals surface area contributed by atoms with Gasteiger partial charge in [-0.25, -0.2) is 4.39 Å². The van der Waals surface area contributed by atoms with Crippen LogP contribution in [0.4, 0.5) is 10.1 Å². The average molecular weight is 710 g/mol. The highest BCUT2D eigenvalue weighted by atomic mass is 32.1. The number of carbonyl (C=O) groups excluding carboxylic acids is 4. The van der Waals surface area contributed by atoms with Gasteiger partial charge in [0, 0.05) is 42.7 Å². The molecule has 0 radical (unpaired) electrons. The lowest BCUT2D eigenvalue weighted by molar-refractivity contribution is -0.147. The molecular weight excluding hydrogens is 665 g/mol. The van der Waals surface area contributed by atoms with Crippen LogP contribution in [0.3, 0.4) is 0 Å². The number of fused-ring (bicyclic) bond motifs is 1. The van der Waals surface area contributed by atoms with Crippen molar-refractivity contribution >= 4 is 57.6 Å². The minimum atomic E-state index is -0.853. The number of hydrogen-bond acceptors (Lipinski definition) is 8. The van der Waals surface area contributed by atoms with Gasteiger partial charge < -0.3 is 40.3 Å². The van der Waals surface area contributed by atoms with E-state index < -0.39 is 23.9 Å². The normalized spacial score (nSPS) is 17.6. The molecule has 0 bridgehead atoms. The Labute approximate surface area is 295 Å². The molecule has 0 unspecified atom stereocenters. The minimum Gasteiger partial charge on any atom is -0.497 e. The van der Waals surface area contributed by atoms with Crippen LogP contribution in [0.2, 0.25) is 0 Å². The smallest absolute Gasteiger partial charge is 0.246 e. The highest BCUT2D eigenvalue weighted by molar-refractivity contribution is 7.80. The average Bonchev–Trinajstić information content (AvgIpc) is 3.79. The number of nitrogens with one attached hydrogen (secondary N) is 4. The van der Waals surface area contributed by atoms with E-state index in [-0.39, 0.29) is 47.7 Å². The summed E-state index contributed by atoms with van der Waals surface area (Å²) in [5.41, 5.74) is 1.89. The number of anilines is 1. The molecule has 2 fully saturated rings. The second-order valence-corrected chi connectivity index (χ2v) is 13.1. The van der Waals surface area contributed by atoms with Gasteiger partial charge >= 0.3 is 0 Å². The van der Waals surface area contributed by atoms with Crippen LogP contribution in [-0.2, 0) is 19.2 Å². The number of piperidine rings is 1. The van der Waals surface area contributed by atoms with Crippen molar-refractivity contribution in [2.45, 2.75) is 64.0 Å². The number of carbonyl (C=O) groups is 4. The van der Waals surface area contributed by atoms with Gasteiger partial charge in [-0.2, -0.15) is 0 Å². The van der Waals surface area contributed by atoms with Gasteiger partial charge in [0.1, 0.15) is 23.7 Å². The highest BCUT2D eigenvalue weighted by Gasteiger charge is 2.41. The predicted molar refractivity (Wildman–Crippen MR) is 189 cm³/mol. The Hall–Kier alpha value is -4.79. The second kappa shape index (κ2) is 16.7. The van der Waals surface area contributed by atoms with Crippen LogP contribution >= 0.6 is 12.2 Å². The monoisotopic (exact) mass is 709 g/mol. The van der Waals surface area contributed by atoms with Crippen molar-refractivity contribution < 1.29 is 32.8 Å². The molecule has 0 saturated carbocycles. The molecule has 2 aliphatic heterocycles. The third kappa shape index (κ3) is 8.86. The standard InChI is InChI=1S/C35H44FN7O6S/c1-4-21(2)31(40-30(45)20-37-29(44)19-38-35(50)39-24-8-10-25(48-3)11-9-24)34(47)43-15-5-6-27(43)33(46)42-16-13-22(14-17-42)32-26-12-7-23(36)18-28(26)49-41-32/h7-12,18,21-22,27,31H,4-6,13-17,19-20H2,1-3H3,(H,37,44)(H,40,45)(H2,38,39,50)/t21-,27-,31-/m0/s1. The third-order valence-corrected chi connectivity index (χ3v) is 9.72. The lowest BCUT2D eigenvalue weighted by Gasteiger charge is -2.36. The van der Waals surface area contributed by atoms with Crippen LogP contribution in [0.25, 0.3) is 11.0 Å². The zero-order chi connectivity index (χ0) is 35.8. The van der Waals surface area contributed by atoms with E-state index in [0.29, 0.717) is 68.8 Å². The van der Waals surface area contributed by atoms with Crippen LogP contribution in [0.5, 0.6) is 5.75 Å². The molecule has 50 heavy (non-hydrogen) atoms. The van der Waals surface area contributed by atoms with Gasteiger partial charge in [0.05, 0.1) is 25.9 Å². The van der Waals surface area contributed by atoms with Gasteiger partial charge in [0.25, 0.3) is 0 Å². The number of amides is 4. The lowest BCUT2D eigenvalue weighted by Crippen LogP contribution is -2.57. The van der Waals surface area contributed by atoms with Crippen molar-refractivity contribution in [3.05, 3.63) is 54.0 Å². The van der Waals surface area contributed by atoms with Crippen molar-refractivity contribution in [3.63, 3.8) is 0 Å². The molecule has 0 aliphatic carbocycles. The molecule has 4 N–H and O–H groups in total. The number of rotatable bonds is 12. The summed E-state index contributed by atoms with van der Waals surface area (Å²) in [6.07, 6.45) is 3.18. The van der Waals surface area contributed by atoms with Crippen molar-refractivity contribution in [1.82, 2.24) is 30.9 Å². The maximum absolute atomic E-state index is 13.9. The van der Waals surface area contributed by atoms with Gasteiger partial charge in [-0.05, 0) is 80.2 Å². The Kier molecular flexibility index (Phi) is 12.2. The number of thiocarbonyl (C=S) groups is 1. The van der Waals surface area contributed by atoms with Crippen LogP contribution < -0.4 is 26.0 Å². The Morgan fingerprint density at radius 2 is 1.74 bits per heavy atom. The fourth-order valence-corrected chi connectivity index (χ4v) is 6.62. The van der Waals surface area contributed by atoms with E-state index in [9.17, 15) is 23.6 Å². The summed E-state index contributed by atoms with van der Waals surface area (Å²) >= 11 is 5.24. The number of methoxy groups -OCH3 is 1. The lowest BCUT2D eigenvalue weighted by atomic mass is 9.91. The Bertz CT molecular complexity index is 1690. The van der Waals surface area contributed by atoms with E-state index in [4.69, 9.17) is 21.5 Å².